The maximum Gasteiger partial charge on any atom is 0.134 e. The number of aromatic nitrogens is 1. The van der Waals surface area contributed by atoms with Crippen LogP contribution in [-0.4, -0.2) is 10.4 Å². The van der Waals surface area contributed by atoms with Crippen molar-refractivity contribution in [3.8, 4) is 16.8 Å². The number of nitrogens with one attached hydrogen (secondary N) is 1. The van der Waals surface area contributed by atoms with Gasteiger partial charge in [0.25, 0.3) is 0 Å². The van der Waals surface area contributed by atoms with E-state index in [0.29, 0.717) is 0 Å². The smallest absolute Gasteiger partial charge is 0.134 e. The highest BCUT2D eigenvalue weighted by Crippen LogP contribution is 2.49. The summed E-state index contributed by atoms with van der Waals surface area (Å²) >= 11 is 0. The molecule has 1 aliphatic carbocycles. The van der Waals surface area contributed by atoms with Gasteiger partial charge in [0.2, 0.25) is 0 Å². The Morgan fingerprint density at radius 3 is 2.15 bits per heavy atom. The number of hydrogen-bond acceptors (Lipinski definition) is 2. The van der Waals surface area contributed by atoms with Crippen molar-refractivity contribution in [3.63, 3.8) is 0 Å². The summed E-state index contributed by atoms with van der Waals surface area (Å²) in [5.41, 5.74) is 13.3. The first kappa shape index (κ1) is 30.9. The van der Waals surface area contributed by atoms with E-state index in [4.69, 9.17) is 4.99 Å². The maximum absolute atomic E-state index is 5.28. The van der Waals surface area contributed by atoms with Gasteiger partial charge in [-0.2, -0.15) is 0 Å². The number of benzene rings is 8. The van der Waals surface area contributed by atoms with Crippen molar-refractivity contribution in [1.29, 1.82) is 0 Å². The third kappa shape index (κ3) is 4.65. The first-order valence-electron chi connectivity index (χ1n) is 18.8. The Bertz CT molecular complexity index is 3050. The highest BCUT2D eigenvalue weighted by molar-refractivity contribution is 6.15. The Balaban J connectivity index is 1.03. The van der Waals surface area contributed by atoms with Gasteiger partial charge < -0.3 is 9.88 Å². The van der Waals surface area contributed by atoms with Crippen LogP contribution in [0, 0.1) is 0 Å². The van der Waals surface area contributed by atoms with Crippen LogP contribution in [0.5, 0.6) is 0 Å². The van der Waals surface area contributed by atoms with Crippen molar-refractivity contribution >= 4 is 54.9 Å². The van der Waals surface area contributed by atoms with Crippen LogP contribution >= 0.6 is 0 Å². The van der Waals surface area contributed by atoms with Crippen LogP contribution in [0.25, 0.3) is 65.9 Å². The minimum absolute atomic E-state index is 0.0491. The summed E-state index contributed by atoms with van der Waals surface area (Å²) in [5.74, 6) is 0.875. The zero-order valence-electron chi connectivity index (χ0n) is 30.2. The van der Waals surface area contributed by atoms with Gasteiger partial charge in [-0.1, -0.05) is 153 Å². The van der Waals surface area contributed by atoms with Gasteiger partial charge in [-0.15, -0.1) is 0 Å². The number of fused-ring (bicyclic) bond motifs is 8. The fourth-order valence-corrected chi connectivity index (χ4v) is 9.07. The second-order valence-corrected chi connectivity index (χ2v) is 15.3. The molecular weight excluding hydrogens is 655 g/mol. The van der Waals surface area contributed by atoms with Gasteiger partial charge in [-0.05, 0) is 85.9 Å². The summed E-state index contributed by atoms with van der Waals surface area (Å²) < 4.78 is 2.44. The van der Waals surface area contributed by atoms with Crippen LogP contribution in [0.1, 0.15) is 47.7 Å². The highest BCUT2D eigenvalue weighted by atomic mass is 15.0. The second kappa shape index (κ2) is 11.6. The lowest BCUT2D eigenvalue weighted by atomic mass is 9.81. The van der Waals surface area contributed by atoms with Crippen LogP contribution in [0.3, 0.4) is 0 Å². The number of hydrogen-bond donors (Lipinski definition) is 1. The van der Waals surface area contributed by atoms with Crippen LogP contribution in [0.4, 0.5) is 0 Å². The van der Waals surface area contributed by atoms with Gasteiger partial charge >= 0.3 is 0 Å². The average molecular weight is 692 g/mol. The SMILES string of the molecule is CC1(C)c2ccccc2-c2ccc(C3C=C(c4ccccc4)N=C(c4ccc5c(-n6c7ccccc7c7cc8ccccc8cc76)cccc5c4)N3)cc21. The lowest BCUT2D eigenvalue weighted by Gasteiger charge is -2.27. The molecular formula is C51H37N3. The van der Waals surface area contributed by atoms with Crippen molar-refractivity contribution in [2.45, 2.75) is 25.3 Å². The van der Waals surface area contributed by atoms with Gasteiger partial charge in [0.15, 0.2) is 0 Å². The minimum atomic E-state index is -0.0704. The summed E-state index contributed by atoms with van der Waals surface area (Å²) in [7, 11) is 0. The van der Waals surface area contributed by atoms with Crippen LogP contribution in [0.2, 0.25) is 0 Å². The molecule has 1 aliphatic heterocycles. The topological polar surface area (TPSA) is 29.3 Å². The average Bonchev–Trinajstić information content (AvgIpc) is 3.66. The van der Waals surface area contributed by atoms with Crippen LogP contribution < -0.4 is 5.32 Å². The van der Waals surface area contributed by atoms with E-state index in [9.17, 15) is 0 Å². The number of amidine groups is 1. The third-order valence-corrected chi connectivity index (χ3v) is 11.8. The number of nitrogens with zero attached hydrogens (tertiary/aromatic N) is 2. The molecule has 1 aromatic heterocycles. The molecule has 0 spiro atoms. The molecule has 1 N–H and O–H groups in total. The predicted molar refractivity (Wildman–Crippen MR) is 227 cm³/mol. The number of para-hydroxylation sites is 1. The molecule has 9 aromatic rings. The van der Waals surface area contributed by atoms with E-state index >= 15 is 0 Å². The summed E-state index contributed by atoms with van der Waals surface area (Å²) in [4.78, 5) is 5.28. The Morgan fingerprint density at radius 1 is 0.519 bits per heavy atom. The van der Waals surface area contributed by atoms with E-state index < -0.39 is 0 Å². The van der Waals surface area contributed by atoms with E-state index in [2.05, 4.69) is 200 Å². The zero-order valence-corrected chi connectivity index (χ0v) is 30.2. The van der Waals surface area contributed by atoms with E-state index in [-0.39, 0.29) is 11.5 Å². The third-order valence-electron chi connectivity index (χ3n) is 11.8. The molecule has 256 valence electrons. The Labute approximate surface area is 314 Å². The molecule has 3 nitrogen and oxygen atoms in total. The molecule has 2 aliphatic rings. The summed E-state index contributed by atoms with van der Waals surface area (Å²) in [6.45, 7) is 4.69. The van der Waals surface area contributed by atoms with E-state index in [1.54, 1.807) is 0 Å². The van der Waals surface area contributed by atoms with Gasteiger partial charge in [0.1, 0.15) is 5.84 Å². The van der Waals surface area contributed by atoms with Crippen LogP contribution in [0.15, 0.2) is 181 Å². The van der Waals surface area contributed by atoms with Crippen molar-refractivity contribution in [3.05, 3.63) is 204 Å². The molecule has 3 heteroatoms. The number of rotatable bonds is 4. The van der Waals surface area contributed by atoms with E-state index in [0.717, 1.165) is 22.7 Å². The summed E-state index contributed by atoms with van der Waals surface area (Å²) in [5, 5.41) is 11.3. The van der Waals surface area contributed by atoms with E-state index in [1.165, 1.54) is 76.9 Å². The summed E-state index contributed by atoms with van der Waals surface area (Å²) in [6.07, 6.45) is 2.28. The van der Waals surface area contributed by atoms with Crippen molar-refractivity contribution in [2.24, 2.45) is 4.99 Å². The van der Waals surface area contributed by atoms with Gasteiger partial charge in [-0.25, -0.2) is 4.99 Å². The monoisotopic (exact) mass is 691 g/mol. The molecule has 2 heterocycles. The Morgan fingerprint density at radius 2 is 1.26 bits per heavy atom. The maximum atomic E-state index is 5.28. The Hall–Kier alpha value is -6.71. The molecule has 11 rings (SSSR count). The largest absolute Gasteiger partial charge is 0.359 e. The second-order valence-electron chi connectivity index (χ2n) is 15.3. The highest BCUT2D eigenvalue weighted by Gasteiger charge is 2.36. The van der Waals surface area contributed by atoms with Crippen molar-refractivity contribution < 1.29 is 0 Å². The molecule has 54 heavy (non-hydrogen) atoms. The molecule has 8 aromatic carbocycles. The minimum Gasteiger partial charge on any atom is -0.359 e. The van der Waals surface area contributed by atoms with Gasteiger partial charge in [0.05, 0.1) is 28.5 Å². The number of aliphatic imine (C=N–C) groups is 1. The standard InChI is InChI=1S/C51H37N3/c1-51(2)43-20-10-8-18-39(43)40-26-23-36(29-44(40)51)46-31-45(32-13-4-3-5-14-32)52-50(53-46)37-24-25-38-35(27-37)17-12-22-47(38)54-48-21-11-9-19-41(48)42-28-33-15-6-7-16-34(33)30-49(42)54/h3-31,46H,1-2H3,(H,52,53). The predicted octanol–water partition coefficient (Wildman–Crippen LogP) is 12.5. The molecule has 1 unspecified atom stereocenters. The quantitative estimate of drug-likeness (QED) is 0.196. The van der Waals surface area contributed by atoms with Gasteiger partial charge in [0, 0.05) is 27.1 Å². The fourth-order valence-electron chi connectivity index (χ4n) is 9.07. The molecule has 0 radical (unpaired) electrons. The fraction of sp³-hybridized carbons (Fsp3) is 0.0784. The molecule has 0 saturated carbocycles. The molecule has 1 atom stereocenters. The Kier molecular flexibility index (Phi) is 6.66. The van der Waals surface area contributed by atoms with Gasteiger partial charge in [-0.3, -0.25) is 0 Å². The molecule has 0 amide bonds. The normalized spacial score (nSPS) is 15.9. The van der Waals surface area contributed by atoms with E-state index in [1.807, 2.05) is 0 Å². The zero-order chi connectivity index (χ0) is 36.0. The lowest BCUT2D eigenvalue weighted by Crippen LogP contribution is -2.31. The molecule has 0 saturated heterocycles. The first-order chi connectivity index (χ1) is 26.5. The summed E-state index contributed by atoms with van der Waals surface area (Å²) in [6, 6.07) is 61.9. The lowest BCUT2D eigenvalue weighted by molar-refractivity contribution is 0.657. The van der Waals surface area contributed by atoms with Crippen molar-refractivity contribution in [2.75, 3.05) is 0 Å². The molecule has 0 fully saturated rings. The first-order valence-corrected chi connectivity index (χ1v) is 18.8. The van der Waals surface area contributed by atoms with Crippen LogP contribution in [-0.2, 0) is 5.41 Å². The molecule has 0 bridgehead atoms. The van der Waals surface area contributed by atoms with Crippen molar-refractivity contribution in [1.82, 2.24) is 9.88 Å².